The number of aryl methyl sites for hydroxylation is 1. The molecule has 0 aliphatic carbocycles. The zero-order valence-corrected chi connectivity index (χ0v) is 20.1. The summed E-state index contributed by atoms with van der Waals surface area (Å²) in [6.07, 6.45) is 6.27. The van der Waals surface area contributed by atoms with E-state index in [0.29, 0.717) is 19.6 Å². The van der Waals surface area contributed by atoms with Crippen LogP contribution < -0.4 is 10.6 Å². The van der Waals surface area contributed by atoms with E-state index in [1.165, 1.54) is 0 Å². The van der Waals surface area contributed by atoms with Gasteiger partial charge in [0, 0.05) is 48.6 Å². The van der Waals surface area contributed by atoms with Crippen molar-refractivity contribution in [1.82, 2.24) is 15.0 Å². The minimum atomic E-state index is 0.157. The lowest BCUT2D eigenvalue weighted by Crippen LogP contribution is -2.36. The van der Waals surface area contributed by atoms with E-state index in [0.717, 1.165) is 58.8 Å². The van der Waals surface area contributed by atoms with E-state index >= 15 is 0 Å². The van der Waals surface area contributed by atoms with Crippen LogP contribution >= 0.6 is 0 Å². The molecule has 0 unspecified atom stereocenters. The zero-order chi connectivity index (χ0) is 24.6. The molecule has 0 saturated carbocycles. The van der Waals surface area contributed by atoms with E-state index in [1.807, 2.05) is 50.2 Å². The highest BCUT2D eigenvalue weighted by Crippen LogP contribution is 2.23. The van der Waals surface area contributed by atoms with Crippen LogP contribution in [0, 0.1) is 11.8 Å². The van der Waals surface area contributed by atoms with E-state index in [4.69, 9.17) is 15.5 Å². The number of aromatic nitrogens is 3. The van der Waals surface area contributed by atoms with Gasteiger partial charge in [0.05, 0.1) is 18.9 Å². The van der Waals surface area contributed by atoms with Gasteiger partial charge in [-0.05, 0) is 56.2 Å². The molecule has 3 heterocycles. The Kier molecular flexibility index (Phi) is 7.86. The Morgan fingerprint density at radius 3 is 2.43 bits per heavy atom. The van der Waals surface area contributed by atoms with Gasteiger partial charge in [-0.2, -0.15) is 0 Å². The first kappa shape index (κ1) is 24.1. The molecular weight excluding hydrogens is 438 g/mol. The number of ether oxygens (including phenoxy) is 1. The molecule has 1 aromatic carbocycles. The van der Waals surface area contributed by atoms with Crippen molar-refractivity contribution < 1.29 is 9.53 Å². The molecule has 7 heteroatoms. The Hall–Kier alpha value is -4.02. The molecule has 1 saturated heterocycles. The third-order valence-electron chi connectivity index (χ3n) is 5.53. The van der Waals surface area contributed by atoms with Crippen LogP contribution in [0.15, 0.2) is 60.4 Å². The highest BCUT2D eigenvalue weighted by Gasteiger charge is 2.15. The number of carbonyl (C=O) groups is 1. The third kappa shape index (κ3) is 6.98. The number of morpholine rings is 1. The molecule has 1 aliphatic heterocycles. The van der Waals surface area contributed by atoms with Gasteiger partial charge in [-0.25, -0.2) is 15.0 Å². The van der Waals surface area contributed by atoms with E-state index in [-0.39, 0.29) is 11.7 Å². The van der Waals surface area contributed by atoms with Crippen LogP contribution in [0.5, 0.6) is 0 Å². The fourth-order valence-electron chi connectivity index (χ4n) is 3.72. The average Bonchev–Trinajstić information content (AvgIpc) is 2.87. The SMILES string of the molecule is CC(C)=CC(=O)CCc1ccc(C#Cc2cc(-c3cnc(N)nc3)nc(N3CCOCC3)c2)cc1. The molecule has 2 aromatic heterocycles. The normalized spacial score (nSPS) is 13.0. The monoisotopic (exact) mass is 467 g/mol. The van der Waals surface area contributed by atoms with Crippen molar-refractivity contribution in [2.24, 2.45) is 0 Å². The van der Waals surface area contributed by atoms with Gasteiger partial charge < -0.3 is 15.4 Å². The maximum absolute atomic E-state index is 11.9. The van der Waals surface area contributed by atoms with Crippen LogP contribution in [-0.2, 0) is 16.0 Å². The van der Waals surface area contributed by atoms with Gasteiger partial charge in [0.2, 0.25) is 5.95 Å². The van der Waals surface area contributed by atoms with Crippen molar-refractivity contribution in [2.75, 3.05) is 36.9 Å². The van der Waals surface area contributed by atoms with Gasteiger partial charge in [0.25, 0.3) is 0 Å². The molecule has 178 valence electrons. The van der Waals surface area contributed by atoms with Crippen molar-refractivity contribution in [3.05, 3.63) is 77.1 Å². The molecule has 0 spiro atoms. The summed E-state index contributed by atoms with van der Waals surface area (Å²) in [5.41, 5.74) is 11.1. The minimum absolute atomic E-state index is 0.157. The molecule has 4 rings (SSSR count). The van der Waals surface area contributed by atoms with E-state index < -0.39 is 0 Å². The van der Waals surface area contributed by atoms with Gasteiger partial charge in [-0.1, -0.05) is 29.5 Å². The number of hydrogen-bond acceptors (Lipinski definition) is 7. The maximum Gasteiger partial charge on any atom is 0.219 e. The van der Waals surface area contributed by atoms with Crippen LogP contribution in [-0.4, -0.2) is 47.0 Å². The van der Waals surface area contributed by atoms with Gasteiger partial charge >= 0.3 is 0 Å². The molecule has 7 nitrogen and oxygen atoms in total. The van der Waals surface area contributed by atoms with E-state index in [1.54, 1.807) is 18.5 Å². The molecule has 1 fully saturated rings. The zero-order valence-electron chi connectivity index (χ0n) is 20.1. The van der Waals surface area contributed by atoms with Gasteiger partial charge in [-0.3, -0.25) is 4.79 Å². The summed E-state index contributed by atoms with van der Waals surface area (Å²) in [6.45, 7) is 6.77. The summed E-state index contributed by atoms with van der Waals surface area (Å²) < 4.78 is 5.49. The van der Waals surface area contributed by atoms with Crippen LogP contribution in [0.3, 0.4) is 0 Å². The molecule has 0 radical (unpaired) electrons. The fraction of sp³-hybridized carbons (Fsp3) is 0.286. The maximum atomic E-state index is 11.9. The Balaban J connectivity index is 1.55. The van der Waals surface area contributed by atoms with E-state index in [9.17, 15) is 4.79 Å². The van der Waals surface area contributed by atoms with Crippen LogP contribution in [0.4, 0.5) is 11.8 Å². The number of rotatable bonds is 6. The second-order valence-electron chi connectivity index (χ2n) is 8.66. The standard InChI is InChI=1S/C28H29N5O2/c1-20(2)15-25(34)10-9-22-5-3-21(4-6-22)7-8-23-16-26(24-18-30-28(29)31-19-24)32-27(17-23)33-11-13-35-14-12-33/h3-6,15-19H,9-14H2,1-2H3,(H2,29,30,31). The molecule has 3 aromatic rings. The second kappa shape index (κ2) is 11.4. The summed E-state index contributed by atoms with van der Waals surface area (Å²) in [6, 6.07) is 12.0. The van der Waals surface area contributed by atoms with Crippen molar-refractivity contribution in [3.63, 3.8) is 0 Å². The summed E-state index contributed by atoms with van der Waals surface area (Å²) >= 11 is 0. The first-order valence-electron chi connectivity index (χ1n) is 11.7. The molecule has 0 bridgehead atoms. The van der Waals surface area contributed by atoms with Gasteiger partial charge in [0.1, 0.15) is 5.82 Å². The quantitative estimate of drug-likeness (QED) is 0.435. The highest BCUT2D eigenvalue weighted by atomic mass is 16.5. The number of hydrogen-bond donors (Lipinski definition) is 1. The first-order valence-corrected chi connectivity index (χ1v) is 11.7. The van der Waals surface area contributed by atoms with Crippen LogP contribution in [0.25, 0.3) is 11.3 Å². The third-order valence-corrected chi connectivity index (χ3v) is 5.53. The smallest absolute Gasteiger partial charge is 0.219 e. The highest BCUT2D eigenvalue weighted by molar-refractivity contribution is 5.90. The predicted molar refractivity (Wildman–Crippen MR) is 138 cm³/mol. The lowest BCUT2D eigenvalue weighted by Gasteiger charge is -2.28. The number of allylic oxidation sites excluding steroid dienone is 2. The van der Waals surface area contributed by atoms with Gasteiger partial charge in [-0.15, -0.1) is 0 Å². The van der Waals surface area contributed by atoms with Crippen molar-refractivity contribution in [3.8, 4) is 23.1 Å². The first-order chi connectivity index (χ1) is 17.0. The largest absolute Gasteiger partial charge is 0.378 e. The molecule has 35 heavy (non-hydrogen) atoms. The lowest BCUT2D eigenvalue weighted by molar-refractivity contribution is -0.114. The number of pyridine rings is 1. The number of nitrogen functional groups attached to an aromatic ring is 1. The van der Waals surface area contributed by atoms with Gasteiger partial charge in [0.15, 0.2) is 5.78 Å². The molecule has 0 atom stereocenters. The number of carbonyl (C=O) groups excluding carboxylic acids is 1. The number of anilines is 2. The summed E-state index contributed by atoms with van der Waals surface area (Å²) in [7, 11) is 0. The molecule has 1 aliphatic rings. The molecule has 0 amide bonds. The number of ketones is 1. The second-order valence-corrected chi connectivity index (χ2v) is 8.66. The van der Waals surface area contributed by atoms with Crippen LogP contribution in [0.1, 0.15) is 37.0 Å². The minimum Gasteiger partial charge on any atom is -0.378 e. The Bertz CT molecular complexity index is 1260. The molecular formula is C28H29N5O2. The summed E-state index contributed by atoms with van der Waals surface area (Å²) in [5, 5.41) is 0. The van der Waals surface area contributed by atoms with Crippen molar-refractivity contribution in [1.29, 1.82) is 0 Å². The Labute approximate surface area is 206 Å². The Morgan fingerprint density at radius 1 is 1.06 bits per heavy atom. The topological polar surface area (TPSA) is 94.2 Å². The van der Waals surface area contributed by atoms with Crippen molar-refractivity contribution in [2.45, 2.75) is 26.7 Å². The van der Waals surface area contributed by atoms with Crippen LogP contribution in [0.2, 0.25) is 0 Å². The average molecular weight is 468 g/mol. The predicted octanol–water partition coefficient (Wildman–Crippen LogP) is 3.83. The summed E-state index contributed by atoms with van der Waals surface area (Å²) in [4.78, 5) is 27.1. The Morgan fingerprint density at radius 2 is 1.74 bits per heavy atom. The molecule has 2 N–H and O–H groups in total. The lowest BCUT2D eigenvalue weighted by atomic mass is 10.0. The van der Waals surface area contributed by atoms with E-state index in [2.05, 4.69) is 26.7 Å². The fourth-order valence-corrected chi connectivity index (χ4v) is 3.72. The van der Waals surface area contributed by atoms with Crippen molar-refractivity contribution >= 4 is 17.5 Å². The number of nitrogens with zero attached hydrogens (tertiary/aromatic N) is 4. The number of nitrogens with two attached hydrogens (primary N) is 1. The number of benzene rings is 1. The summed E-state index contributed by atoms with van der Waals surface area (Å²) in [5.74, 6) is 7.76.